The molecule has 5 rings (SSSR count). The molecule has 3 aromatic rings. The first-order valence-electron chi connectivity index (χ1n) is 12.1. The van der Waals surface area contributed by atoms with Crippen LogP contribution in [0.15, 0.2) is 42.5 Å². The maximum atomic E-state index is 13.8. The van der Waals surface area contributed by atoms with E-state index in [9.17, 15) is 31.1 Å². The fourth-order valence-corrected chi connectivity index (χ4v) is 5.05. The Morgan fingerprint density at radius 2 is 1.77 bits per heavy atom. The van der Waals surface area contributed by atoms with Crippen molar-refractivity contribution in [3.05, 3.63) is 75.8 Å². The van der Waals surface area contributed by atoms with Gasteiger partial charge in [0.25, 0.3) is 0 Å². The summed E-state index contributed by atoms with van der Waals surface area (Å²) in [5.41, 5.74) is 0.0638. The van der Waals surface area contributed by atoms with E-state index in [1.54, 1.807) is 24.3 Å². The van der Waals surface area contributed by atoms with Crippen LogP contribution in [0.1, 0.15) is 59.7 Å². The van der Waals surface area contributed by atoms with Gasteiger partial charge in [0.05, 0.1) is 30.8 Å². The number of aromatic nitrogens is 3. The Balaban J connectivity index is 1.40. The van der Waals surface area contributed by atoms with E-state index in [4.69, 9.17) is 16.3 Å². The molecule has 0 spiro atoms. The molecule has 0 bridgehead atoms. The van der Waals surface area contributed by atoms with Gasteiger partial charge in [0.15, 0.2) is 5.82 Å². The Hall–Kier alpha value is -3.48. The van der Waals surface area contributed by atoms with Crippen LogP contribution in [0, 0.1) is 0 Å². The van der Waals surface area contributed by atoms with E-state index >= 15 is 0 Å². The number of nitrogens with one attached hydrogen (secondary N) is 1. The summed E-state index contributed by atoms with van der Waals surface area (Å²) in [5, 5.41) is 10.5. The molecule has 14 heteroatoms. The van der Waals surface area contributed by atoms with E-state index in [0.717, 1.165) is 16.7 Å². The normalized spacial score (nSPS) is 19.5. The first kappa shape index (κ1) is 27.1. The molecule has 2 atom stereocenters. The molecular weight excluding hydrogens is 552 g/mol. The average Bonchev–Trinajstić information content (AvgIpc) is 3.52. The number of carbonyl (C=O) groups is 1. The van der Waals surface area contributed by atoms with Crippen molar-refractivity contribution in [2.75, 3.05) is 13.2 Å². The Morgan fingerprint density at radius 3 is 2.46 bits per heavy atom. The summed E-state index contributed by atoms with van der Waals surface area (Å²) in [4.78, 5) is 14.7. The van der Waals surface area contributed by atoms with E-state index < -0.39 is 41.9 Å². The van der Waals surface area contributed by atoms with Gasteiger partial charge in [0, 0.05) is 23.6 Å². The number of benzene rings is 2. The minimum Gasteiger partial charge on any atom is -0.493 e. The fourth-order valence-electron chi connectivity index (χ4n) is 4.93. The minimum atomic E-state index is -4.77. The summed E-state index contributed by atoms with van der Waals surface area (Å²) in [6, 6.07) is 7.41. The van der Waals surface area contributed by atoms with Gasteiger partial charge in [-0.2, -0.15) is 26.3 Å². The zero-order valence-corrected chi connectivity index (χ0v) is 20.9. The highest BCUT2D eigenvalue weighted by Crippen LogP contribution is 2.39. The maximum absolute atomic E-state index is 13.8. The van der Waals surface area contributed by atoms with Crippen molar-refractivity contribution in [2.45, 2.75) is 50.2 Å². The number of urea groups is 1. The average molecular weight is 574 g/mol. The number of halogens is 7. The molecule has 1 saturated heterocycles. The van der Waals surface area contributed by atoms with Gasteiger partial charge in [-0.15, -0.1) is 10.2 Å². The second-order valence-electron chi connectivity index (χ2n) is 9.33. The van der Waals surface area contributed by atoms with Crippen LogP contribution in [0.4, 0.5) is 31.1 Å². The minimum absolute atomic E-state index is 0.00729. The summed E-state index contributed by atoms with van der Waals surface area (Å²) < 4.78 is 87.1. The third-order valence-corrected chi connectivity index (χ3v) is 7.03. The molecule has 3 heterocycles. The molecule has 1 aromatic heterocycles. The highest BCUT2D eigenvalue weighted by atomic mass is 35.5. The van der Waals surface area contributed by atoms with E-state index in [1.165, 1.54) is 11.0 Å². The third kappa shape index (κ3) is 5.63. The van der Waals surface area contributed by atoms with Gasteiger partial charge in [-0.3, -0.25) is 0 Å². The number of rotatable bonds is 4. The van der Waals surface area contributed by atoms with Crippen molar-refractivity contribution >= 4 is 17.6 Å². The number of amides is 2. The van der Waals surface area contributed by atoms with Crippen LogP contribution in [-0.4, -0.2) is 38.8 Å². The molecule has 0 unspecified atom stereocenters. The maximum Gasteiger partial charge on any atom is 0.451 e. The van der Waals surface area contributed by atoms with Gasteiger partial charge >= 0.3 is 18.4 Å². The molecule has 2 aliphatic heterocycles. The summed E-state index contributed by atoms with van der Waals surface area (Å²) in [5.74, 6) is -1.16. The van der Waals surface area contributed by atoms with Crippen LogP contribution >= 0.6 is 11.6 Å². The molecule has 7 nitrogen and oxygen atoms in total. The molecular formula is C25H22ClF6N5O2. The van der Waals surface area contributed by atoms with E-state index in [-0.39, 0.29) is 31.3 Å². The Bertz CT molecular complexity index is 1360. The van der Waals surface area contributed by atoms with Crippen LogP contribution in [-0.2, 0) is 18.9 Å². The summed E-state index contributed by atoms with van der Waals surface area (Å²) in [6.07, 6.45) is -8.12. The van der Waals surface area contributed by atoms with Crippen molar-refractivity contribution in [3.8, 4) is 5.75 Å². The number of hydrogen-bond donors (Lipinski definition) is 1. The van der Waals surface area contributed by atoms with Crippen LogP contribution in [0.25, 0.3) is 0 Å². The first-order valence-corrected chi connectivity index (χ1v) is 12.5. The van der Waals surface area contributed by atoms with Gasteiger partial charge in [0.1, 0.15) is 5.75 Å². The zero-order valence-electron chi connectivity index (χ0n) is 20.2. The number of nitrogens with zero attached hydrogens (tertiary/aromatic N) is 4. The topological polar surface area (TPSA) is 72.3 Å². The van der Waals surface area contributed by atoms with Crippen LogP contribution < -0.4 is 10.1 Å². The second kappa shape index (κ2) is 10.2. The molecule has 0 radical (unpaired) electrons. The van der Waals surface area contributed by atoms with Crippen molar-refractivity contribution < 1.29 is 35.9 Å². The largest absolute Gasteiger partial charge is 0.493 e. The monoisotopic (exact) mass is 573 g/mol. The molecule has 0 saturated carbocycles. The van der Waals surface area contributed by atoms with E-state index in [2.05, 4.69) is 15.5 Å². The lowest BCUT2D eigenvalue weighted by Gasteiger charge is -2.31. The summed E-state index contributed by atoms with van der Waals surface area (Å²) in [6.45, 7) is 0.164. The van der Waals surface area contributed by atoms with E-state index in [1.807, 2.05) is 0 Å². The fraction of sp³-hybridized carbons (Fsp3) is 0.400. The van der Waals surface area contributed by atoms with Gasteiger partial charge < -0.3 is 19.5 Å². The van der Waals surface area contributed by atoms with Gasteiger partial charge in [-0.05, 0) is 42.7 Å². The predicted octanol–water partition coefficient (Wildman–Crippen LogP) is 6.39. The predicted molar refractivity (Wildman–Crippen MR) is 127 cm³/mol. The number of ether oxygens (including phenoxy) is 1. The lowest BCUT2D eigenvalue weighted by atomic mass is 9.98. The van der Waals surface area contributed by atoms with Crippen molar-refractivity contribution in [1.29, 1.82) is 0 Å². The number of carbonyl (C=O) groups excluding carboxylic acids is 1. The highest BCUT2D eigenvalue weighted by molar-refractivity contribution is 6.30. The standard InChI is InChI=1S/C25H22ClF6N5O2/c26-16-6-3-14(4-7-16)13-37-21(34-35-22(37)25(30,31)32)19-2-1-10-36(19)23(38)33-18-9-11-39-20-12-15(24(27,28)29)5-8-17(18)20/h3-8,12,18-19H,1-2,9-11,13H2,(H,33,38)/t18-,19+/m0/s1. The number of alkyl halides is 6. The molecule has 0 aliphatic carbocycles. The molecule has 2 amide bonds. The Kier molecular flexibility index (Phi) is 7.12. The number of fused-ring (bicyclic) bond motifs is 1. The van der Waals surface area contributed by atoms with Crippen molar-refractivity contribution in [2.24, 2.45) is 0 Å². The first-order chi connectivity index (χ1) is 18.4. The summed E-state index contributed by atoms with van der Waals surface area (Å²) >= 11 is 5.91. The van der Waals surface area contributed by atoms with Crippen LogP contribution in [0.5, 0.6) is 5.75 Å². The third-order valence-electron chi connectivity index (χ3n) is 6.78. The van der Waals surface area contributed by atoms with Gasteiger partial charge in [-0.1, -0.05) is 29.8 Å². The lowest BCUT2D eigenvalue weighted by molar-refractivity contribution is -0.147. The van der Waals surface area contributed by atoms with E-state index in [0.29, 0.717) is 35.4 Å². The van der Waals surface area contributed by atoms with Crippen molar-refractivity contribution in [1.82, 2.24) is 25.0 Å². The second-order valence-corrected chi connectivity index (χ2v) is 9.77. The quantitative estimate of drug-likeness (QED) is 0.367. The van der Waals surface area contributed by atoms with Crippen molar-refractivity contribution in [3.63, 3.8) is 0 Å². The summed E-state index contributed by atoms with van der Waals surface area (Å²) in [7, 11) is 0. The zero-order chi connectivity index (χ0) is 27.9. The SMILES string of the molecule is O=C(N[C@H]1CCOc2cc(C(F)(F)F)ccc21)N1CCC[C@@H]1c1nnc(C(F)(F)F)n1Cc1ccc(Cl)cc1. The number of likely N-dealkylation sites (tertiary alicyclic amines) is 1. The van der Waals surface area contributed by atoms with Gasteiger partial charge in [-0.25, -0.2) is 4.79 Å². The Labute approximate surface area is 223 Å². The lowest BCUT2D eigenvalue weighted by Crippen LogP contribution is -2.43. The molecule has 2 aliphatic rings. The number of hydrogen-bond acceptors (Lipinski definition) is 4. The molecule has 2 aromatic carbocycles. The van der Waals surface area contributed by atoms with Crippen LogP contribution in [0.3, 0.4) is 0 Å². The van der Waals surface area contributed by atoms with Gasteiger partial charge in [0.2, 0.25) is 5.82 Å². The highest BCUT2D eigenvalue weighted by Gasteiger charge is 2.42. The molecule has 39 heavy (non-hydrogen) atoms. The molecule has 1 fully saturated rings. The Morgan fingerprint density at radius 1 is 1.03 bits per heavy atom. The van der Waals surface area contributed by atoms with Crippen LogP contribution in [0.2, 0.25) is 5.02 Å². The molecule has 208 valence electrons. The molecule has 1 N–H and O–H groups in total. The smallest absolute Gasteiger partial charge is 0.451 e.